The van der Waals surface area contributed by atoms with Gasteiger partial charge in [0.1, 0.15) is 11.3 Å². The molecule has 0 bridgehead atoms. The van der Waals surface area contributed by atoms with Gasteiger partial charge in [0.2, 0.25) is 0 Å². The fraction of sp³-hybridized carbons (Fsp3) is 0.130. The van der Waals surface area contributed by atoms with Crippen LogP contribution in [0.4, 0.5) is 5.13 Å². The van der Waals surface area contributed by atoms with Crippen molar-refractivity contribution in [3.8, 4) is 11.5 Å². The Balaban J connectivity index is 1.82. The highest BCUT2D eigenvalue weighted by Gasteiger charge is 2.48. The minimum Gasteiger partial charge on any atom is -0.505 e. The first-order valence-electron chi connectivity index (χ1n) is 10.0. The van der Waals surface area contributed by atoms with E-state index in [1.54, 1.807) is 41.1 Å². The molecule has 4 heterocycles. The van der Waals surface area contributed by atoms with Gasteiger partial charge in [-0.2, -0.15) is 0 Å². The molecule has 1 atom stereocenters. The van der Waals surface area contributed by atoms with Crippen LogP contribution in [0.15, 0.2) is 58.2 Å². The van der Waals surface area contributed by atoms with E-state index in [1.807, 2.05) is 6.07 Å². The molecule has 0 spiro atoms. The molecule has 5 rings (SSSR count). The number of ether oxygens (including phenoxy) is 1. The quantitative estimate of drug-likeness (QED) is 0.226. The smallest absolute Gasteiger partial charge is 0.301 e. The van der Waals surface area contributed by atoms with Crippen molar-refractivity contribution in [2.24, 2.45) is 0 Å². The van der Waals surface area contributed by atoms with Crippen molar-refractivity contribution < 1.29 is 24.5 Å². The van der Waals surface area contributed by atoms with E-state index in [2.05, 4.69) is 25.9 Å². The third kappa shape index (κ3) is 3.27. The van der Waals surface area contributed by atoms with Crippen LogP contribution in [-0.2, 0) is 9.59 Å². The maximum absolute atomic E-state index is 13.3. The Morgan fingerprint density at radius 3 is 2.76 bits per heavy atom. The van der Waals surface area contributed by atoms with E-state index in [-0.39, 0.29) is 22.8 Å². The SMILES string of the molecule is COc1cc(C2/C(=C(\O)c3c(C)nc4ccccn34)C(=O)C(=O)N2c2nccs2)cc(Br)c1O. The van der Waals surface area contributed by atoms with Gasteiger partial charge in [-0.05, 0) is 52.7 Å². The number of benzene rings is 1. The van der Waals surface area contributed by atoms with Crippen molar-refractivity contribution in [1.29, 1.82) is 0 Å². The lowest BCUT2D eigenvalue weighted by molar-refractivity contribution is -0.132. The second-order valence-corrected chi connectivity index (χ2v) is 9.24. The molecule has 1 fully saturated rings. The van der Waals surface area contributed by atoms with E-state index in [1.165, 1.54) is 35.6 Å². The number of phenols is 1. The van der Waals surface area contributed by atoms with E-state index >= 15 is 0 Å². The van der Waals surface area contributed by atoms with Crippen molar-refractivity contribution in [3.63, 3.8) is 0 Å². The molecule has 3 aromatic heterocycles. The largest absolute Gasteiger partial charge is 0.505 e. The zero-order chi connectivity index (χ0) is 24.1. The first kappa shape index (κ1) is 22.1. The number of methoxy groups -OCH3 is 1. The van der Waals surface area contributed by atoms with E-state index in [0.29, 0.717) is 32.2 Å². The molecule has 34 heavy (non-hydrogen) atoms. The average molecular weight is 541 g/mol. The molecule has 1 amide bonds. The second-order valence-electron chi connectivity index (χ2n) is 7.51. The molecule has 1 aromatic carbocycles. The Bertz CT molecular complexity index is 1490. The summed E-state index contributed by atoms with van der Waals surface area (Å²) >= 11 is 4.49. The number of aryl methyl sites for hydroxylation is 1. The number of thiazole rings is 1. The summed E-state index contributed by atoms with van der Waals surface area (Å²) in [7, 11) is 1.39. The predicted molar refractivity (Wildman–Crippen MR) is 129 cm³/mol. The van der Waals surface area contributed by atoms with Gasteiger partial charge in [-0.15, -0.1) is 11.3 Å². The van der Waals surface area contributed by atoms with Crippen LogP contribution < -0.4 is 9.64 Å². The van der Waals surface area contributed by atoms with Gasteiger partial charge in [-0.1, -0.05) is 6.07 Å². The Morgan fingerprint density at radius 1 is 1.26 bits per heavy atom. The summed E-state index contributed by atoms with van der Waals surface area (Å²) in [6.45, 7) is 1.72. The highest BCUT2D eigenvalue weighted by molar-refractivity contribution is 9.10. The number of amides is 1. The Labute approximate surface area is 205 Å². The number of imidazole rings is 1. The fourth-order valence-corrected chi connectivity index (χ4v) is 5.24. The molecule has 11 heteroatoms. The lowest BCUT2D eigenvalue weighted by Gasteiger charge is -2.24. The number of rotatable bonds is 4. The highest BCUT2D eigenvalue weighted by atomic mass is 79.9. The molecular weight excluding hydrogens is 524 g/mol. The van der Waals surface area contributed by atoms with Crippen LogP contribution in [-0.4, -0.2) is 43.4 Å². The van der Waals surface area contributed by atoms with Gasteiger partial charge in [0.05, 0.1) is 28.9 Å². The number of aliphatic hydroxyl groups is 1. The van der Waals surface area contributed by atoms with Gasteiger partial charge >= 0.3 is 5.91 Å². The van der Waals surface area contributed by atoms with Gasteiger partial charge in [-0.3, -0.25) is 18.9 Å². The number of halogens is 1. The summed E-state index contributed by atoms with van der Waals surface area (Å²) in [5.41, 5.74) is 1.70. The molecule has 1 saturated heterocycles. The molecule has 0 saturated carbocycles. The first-order valence-corrected chi connectivity index (χ1v) is 11.7. The van der Waals surface area contributed by atoms with Gasteiger partial charge in [0.25, 0.3) is 5.78 Å². The lowest BCUT2D eigenvalue weighted by Crippen LogP contribution is -2.29. The number of fused-ring (bicyclic) bond motifs is 1. The molecule has 172 valence electrons. The molecular formula is C23H17BrN4O5S. The summed E-state index contributed by atoms with van der Waals surface area (Å²) < 4.78 is 7.24. The Hall–Kier alpha value is -3.70. The van der Waals surface area contributed by atoms with Crippen LogP contribution in [0, 0.1) is 6.92 Å². The number of pyridine rings is 1. The minimum absolute atomic E-state index is 0.117. The topological polar surface area (TPSA) is 117 Å². The van der Waals surface area contributed by atoms with Crippen molar-refractivity contribution >= 4 is 55.5 Å². The average Bonchev–Trinajstić information content (AvgIpc) is 3.52. The monoisotopic (exact) mass is 540 g/mol. The molecule has 0 radical (unpaired) electrons. The lowest BCUT2D eigenvalue weighted by atomic mass is 9.96. The standard InChI is InChI=1S/C23H17BrN4O5S/c1-11-17(27-7-4-3-5-15(27)26-11)20(30)16-18(12-9-13(24)19(29)14(10-12)33-2)28(22(32)21(16)31)23-25-6-8-34-23/h3-10,18,29-30H,1-2H3/b20-16+. The van der Waals surface area contributed by atoms with E-state index in [4.69, 9.17) is 4.74 Å². The summed E-state index contributed by atoms with van der Waals surface area (Å²) in [5, 5.41) is 23.8. The van der Waals surface area contributed by atoms with E-state index in [0.717, 1.165) is 0 Å². The minimum atomic E-state index is -1.02. The van der Waals surface area contributed by atoms with Crippen molar-refractivity contribution in [2.75, 3.05) is 12.0 Å². The summed E-state index contributed by atoms with van der Waals surface area (Å²) in [6.07, 6.45) is 3.24. The number of aromatic hydroxyl groups is 1. The fourth-order valence-electron chi connectivity index (χ4n) is 4.11. The number of aliphatic hydroxyl groups excluding tert-OH is 1. The molecule has 4 aromatic rings. The van der Waals surface area contributed by atoms with Crippen molar-refractivity contribution in [3.05, 3.63) is 75.1 Å². The molecule has 2 N–H and O–H groups in total. The van der Waals surface area contributed by atoms with E-state index in [9.17, 15) is 19.8 Å². The molecule has 1 aliphatic heterocycles. The van der Waals surface area contributed by atoms with Crippen LogP contribution in [0.2, 0.25) is 0 Å². The number of phenolic OH excluding ortho intramolecular Hbond substituents is 1. The molecule has 1 unspecified atom stereocenters. The Kier molecular flexibility index (Phi) is 5.37. The maximum atomic E-state index is 13.3. The van der Waals surface area contributed by atoms with Gasteiger partial charge < -0.3 is 14.9 Å². The Morgan fingerprint density at radius 2 is 2.06 bits per heavy atom. The number of aromatic nitrogens is 3. The third-order valence-corrected chi connectivity index (χ3v) is 6.96. The molecule has 0 aliphatic carbocycles. The molecule has 9 nitrogen and oxygen atoms in total. The number of ketones is 1. The number of hydrogen-bond donors (Lipinski definition) is 2. The van der Waals surface area contributed by atoms with Crippen LogP contribution in [0.1, 0.15) is 23.0 Å². The van der Waals surface area contributed by atoms with Gasteiger partial charge in [0.15, 0.2) is 22.4 Å². The zero-order valence-electron chi connectivity index (χ0n) is 17.9. The maximum Gasteiger partial charge on any atom is 0.301 e. The van der Waals surface area contributed by atoms with Gasteiger partial charge in [0, 0.05) is 17.8 Å². The number of Topliss-reactive ketones (excluding diaryl/α,β-unsaturated/α-hetero) is 1. The number of hydrogen-bond acceptors (Lipinski definition) is 8. The normalized spacial score (nSPS) is 17.6. The highest BCUT2D eigenvalue weighted by Crippen LogP contribution is 2.46. The van der Waals surface area contributed by atoms with Crippen LogP contribution in [0.25, 0.3) is 11.4 Å². The van der Waals surface area contributed by atoms with Crippen molar-refractivity contribution in [2.45, 2.75) is 13.0 Å². The number of carbonyl (C=O) groups is 2. The first-order chi connectivity index (χ1) is 16.3. The van der Waals surface area contributed by atoms with Crippen molar-refractivity contribution in [1.82, 2.24) is 14.4 Å². The van der Waals surface area contributed by atoms with Gasteiger partial charge in [-0.25, -0.2) is 9.97 Å². The predicted octanol–water partition coefficient (Wildman–Crippen LogP) is 4.20. The zero-order valence-corrected chi connectivity index (χ0v) is 20.3. The summed E-state index contributed by atoms with van der Waals surface area (Å²) in [5.74, 6) is -2.03. The summed E-state index contributed by atoms with van der Waals surface area (Å²) in [4.78, 5) is 36.5. The molecule has 1 aliphatic rings. The number of nitrogens with zero attached hydrogens (tertiary/aromatic N) is 4. The third-order valence-electron chi connectivity index (χ3n) is 5.58. The summed E-state index contributed by atoms with van der Waals surface area (Å²) in [6, 6.07) is 7.43. The van der Waals surface area contributed by atoms with E-state index < -0.39 is 17.7 Å². The van der Waals surface area contributed by atoms with Crippen LogP contribution in [0.5, 0.6) is 11.5 Å². The second kappa shape index (κ2) is 8.26. The number of carbonyl (C=O) groups excluding carboxylic acids is 2. The van der Waals surface area contributed by atoms with Crippen LogP contribution in [0.3, 0.4) is 0 Å². The van der Waals surface area contributed by atoms with Crippen LogP contribution >= 0.6 is 27.3 Å². The number of anilines is 1.